The monoisotopic (exact) mass is 461 g/mol. The SMILES string of the molecule is COc1ccc(/C=C(\C#N)C(=O)Nc2nc3c(s2)CC[NH+](Cc2ccccc2)C3)cc1OC. The predicted octanol–water partition coefficient (Wildman–Crippen LogP) is 2.85. The molecule has 1 aromatic heterocycles. The highest BCUT2D eigenvalue weighted by atomic mass is 32.1. The van der Waals surface area contributed by atoms with Crippen molar-refractivity contribution in [3.63, 3.8) is 0 Å². The van der Waals surface area contributed by atoms with Crippen molar-refractivity contribution < 1.29 is 19.2 Å². The zero-order valence-corrected chi connectivity index (χ0v) is 19.4. The molecule has 7 nitrogen and oxygen atoms in total. The predicted molar refractivity (Wildman–Crippen MR) is 127 cm³/mol. The molecule has 0 saturated carbocycles. The van der Waals surface area contributed by atoms with Gasteiger partial charge in [-0.2, -0.15) is 5.26 Å². The average Bonchev–Trinajstić information content (AvgIpc) is 3.24. The molecule has 1 atom stereocenters. The molecule has 4 rings (SSSR count). The van der Waals surface area contributed by atoms with E-state index in [2.05, 4.69) is 34.6 Å². The van der Waals surface area contributed by atoms with Crippen LogP contribution >= 0.6 is 11.3 Å². The number of rotatable bonds is 7. The minimum Gasteiger partial charge on any atom is -0.493 e. The van der Waals surface area contributed by atoms with Crippen LogP contribution in [-0.2, 0) is 24.3 Å². The summed E-state index contributed by atoms with van der Waals surface area (Å²) in [6.45, 7) is 2.80. The first kappa shape index (κ1) is 22.5. The molecule has 33 heavy (non-hydrogen) atoms. The van der Waals surface area contributed by atoms with Crippen molar-refractivity contribution in [2.45, 2.75) is 19.5 Å². The van der Waals surface area contributed by atoms with Crippen molar-refractivity contribution in [1.29, 1.82) is 5.26 Å². The molecule has 0 spiro atoms. The van der Waals surface area contributed by atoms with E-state index < -0.39 is 5.91 Å². The number of carbonyl (C=O) groups excluding carboxylic acids is 1. The number of aromatic nitrogens is 1. The maximum absolute atomic E-state index is 12.7. The summed E-state index contributed by atoms with van der Waals surface area (Å²) < 4.78 is 10.5. The second kappa shape index (κ2) is 10.3. The minimum absolute atomic E-state index is 0.00767. The van der Waals surface area contributed by atoms with E-state index in [1.807, 2.05) is 12.1 Å². The summed E-state index contributed by atoms with van der Waals surface area (Å²) in [4.78, 5) is 20.0. The Kier molecular flexibility index (Phi) is 7.03. The number of quaternary nitrogens is 1. The lowest BCUT2D eigenvalue weighted by molar-refractivity contribution is -0.929. The van der Waals surface area contributed by atoms with Gasteiger partial charge in [-0.1, -0.05) is 36.4 Å². The number of nitrogens with one attached hydrogen (secondary N) is 2. The topological polar surface area (TPSA) is 88.7 Å². The molecule has 1 aliphatic heterocycles. The van der Waals surface area contributed by atoms with Crippen molar-refractivity contribution in [3.05, 3.63) is 75.8 Å². The van der Waals surface area contributed by atoms with Crippen LogP contribution in [0.2, 0.25) is 0 Å². The van der Waals surface area contributed by atoms with Crippen LogP contribution < -0.4 is 19.7 Å². The molecular formula is C25H25N4O3S+. The Balaban J connectivity index is 1.44. The van der Waals surface area contributed by atoms with Gasteiger partial charge in [-0.3, -0.25) is 10.1 Å². The Morgan fingerprint density at radius 3 is 2.73 bits per heavy atom. The van der Waals surface area contributed by atoms with Crippen molar-refractivity contribution in [2.24, 2.45) is 0 Å². The van der Waals surface area contributed by atoms with E-state index in [9.17, 15) is 10.1 Å². The van der Waals surface area contributed by atoms with Gasteiger partial charge in [-0.05, 0) is 23.8 Å². The molecule has 8 heteroatoms. The highest BCUT2D eigenvalue weighted by Crippen LogP contribution is 2.29. The quantitative estimate of drug-likeness (QED) is 0.417. The lowest BCUT2D eigenvalue weighted by Gasteiger charge is -2.22. The number of nitrogens with zero attached hydrogens (tertiary/aromatic N) is 2. The standard InChI is InChI=1S/C25H24N4O3S/c1-31-21-9-8-18(13-22(21)32-2)12-19(14-26)24(30)28-25-27-20-16-29(11-10-23(20)33-25)15-17-6-4-3-5-7-17/h3-9,12-13H,10-11,15-16H2,1-2H3,(H,27,28,30)/p+1/b19-12+. The molecule has 2 N–H and O–H groups in total. The van der Waals surface area contributed by atoms with Gasteiger partial charge in [0.15, 0.2) is 16.6 Å². The third-order valence-corrected chi connectivity index (χ3v) is 6.58. The number of hydrogen-bond donors (Lipinski definition) is 2. The van der Waals surface area contributed by atoms with Crippen LogP contribution in [0.15, 0.2) is 54.1 Å². The summed E-state index contributed by atoms with van der Waals surface area (Å²) in [5, 5.41) is 12.9. The number of nitriles is 1. The summed E-state index contributed by atoms with van der Waals surface area (Å²) in [5.74, 6) is 0.625. The van der Waals surface area contributed by atoms with E-state index in [4.69, 9.17) is 9.47 Å². The first-order valence-electron chi connectivity index (χ1n) is 10.6. The second-order valence-corrected chi connectivity index (χ2v) is 8.80. The molecule has 0 saturated heterocycles. The first-order valence-corrected chi connectivity index (χ1v) is 11.4. The molecule has 1 aliphatic rings. The van der Waals surface area contributed by atoms with Gasteiger partial charge in [0.1, 0.15) is 30.4 Å². The molecule has 0 fully saturated rings. The van der Waals surface area contributed by atoms with Crippen LogP contribution in [0.1, 0.15) is 21.7 Å². The zero-order chi connectivity index (χ0) is 23.2. The van der Waals surface area contributed by atoms with Crippen LogP contribution in [0.25, 0.3) is 6.08 Å². The number of methoxy groups -OCH3 is 2. The highest BCUT2D eigenvalue weighted by molar-refractivity contribution is 7.15. The summed E-state index contributed by atoms with van der Waals surface area (Å²) in [6, 6.07) is 17.6. The Labute approximate surface area is 196 Å². The Bertz CT molecular complexity index is 1210. The summed E-state index contributed by atoms with van der Waals surface area (Å²) >= 11 is 1.49. The van der Waals surface area contributed by atoms with Crippen LogP contribution in [0.5, 0.6) is 11.5 Å². The van der Waals surface area contributed by atoms with Gasteiger partial charge in [0.25, 0.3) is 5.91 Å². The fraction of sp³-hybridized carbons (Fsp3) is 0.240. The van der Waals surface area contributed by atoms with E-state index in [1.165, 1.54) is 39.9 Å². The van der Waals surface area contributed by atoms with E-state index in [1.54, 1.807) is 25.3 Å². The first-order chi connectivity index (χ1) is 16.1. The maximum Gasteiger partial charge on any atom is 0.268 e. The van der Waals surface area contributed by atoms with E-state index in [-0.39, 0.29) is 5.57 Å². The average molecular weight is 462 g/mol. The summed E-state index contributed by atoms with van der Waals surface area (Å²) in [6.07, 6.45) is 2.45. The summed E-state index contributed by atoms with van der Waals surface area (Å²) in [5.41, 5.74) is 2.98. The number of ether oxygens (including phenoxy) is 2. The summed E-state index contributed by atoms with van der Waals surface area (Å²) in [7, 11) is 3.09. The fourth-order valence-electron chi connectivity index (χ4n) is 3.84. The van der Waals surface area contributed by atoms with Crippen molar-refractivity contribution in [2.75, 3.05) is 26.1 Å². The van der Waals surface area contributed by atoms with E-state index in [0.717, 1.165) is 31.7 Å². The smallest absolute Gasteiger partial charge is 0.268 e. The van der Waals surface area contributed by atoms with Gasteiger partial charge < -0.3 is 14.4 Å². The fourth-order valence-corrected chi connectivity index (χ4v) is 4.82. The van der Waals surface area contributed by atoms with Crippen molar-refractivity contribution >= 4 is 28.5 Å². The number of hydrogen-bond acceptors (Lipinski definition) is 6. The molecule has 3 aromatic rings. The highest BCUT2D eigenvalue weighted by Gasteiger charge is 2.24. The molecule has 0 aliphatic carbocycles. The molecular weight excluding hydrogens is 436 g/mol. The van der Waals surface area contributed by atoms with E-state index in [0.29, 0.717) is 22.2 Å². The molecule has 0 bridgehead atoms. The van der Waals surface area contributed by atoms with Gasteiger partial charge in [-0.25, -0.2) is 4.98 Å². The molecule has 2 heterocycles. The Hall–Kier alpha value is -3.67. The number of anilines is 1. The lowest BCUT2D eigenvalue weighted by Crippen LogP contribution is -3.10. The molecule has 1 amide bonds. The van der Waals surface area contributed by atoms with Crippen molar-refractivity contribution in [1.82, 2.24) is 4.98 Å². The largest absolute Gasteiger partial charge is 0.493 e. The van der Waals surface area contributed by atoms with Gasteiger partial charge in [0, 0.05) is 16.9 Å². The van der Waals surface area contributed by atoms with E-state index >= 15 is 0 Å². The Morgan fingerprint density at radius 1 is 1.21 bits per heavy atom. The molecule has 168 valence electrons. The second-order valence-electron chi connectivity index (χ2n) is 7.72. The van der Waals surface area contributed by atoms with Gasteiger partial charge in [-0.15, -0.1) is 11.3 Å². The normalized spacial score (nSPS) is 15.3. The minimum atomic E-state index is -0.480. The van der Waals surface area contributed by atoms with Crippen LogP contribution in [0, 0.1) is 11.3 Å². The number of benzene rings is 2. The molecule has 0 radical (unpaired) electrons. The van der Waals surface area contributed by atoms with Gasteiger partial charge in [0.05, 0.1) is 20.8 Å². The van der Waals surface area contributed by atoms with Crippen LogP contribution in [0.4, 0.5) is 5.13 Å². The van der Waals surface area contributed by atoms with Gasteiger partial charge >= 0.3 is 0 Å². The molecule has 2 aromatic carbocycles. The third-order valence-electron chi connectivity index (χ3n) is 5.50. The van der Waals surface area contributed by atoms with Crippen molar-refractivity contribution in [3.8, 4) is 17.6 Å². The lowest BCUT2D eigenvalue weighted by atomic mass is 10.1. The zero-order valence-electron chi connectivity index (χ0n) is 18.6. The number of thiazole rings is 1. The van der Waals surface area contributed by atoms with Crippen LogP contribution in [0.3, 0.4) is 0 Å². The number of amides is 1. The Morgan fingerprint density at radius 2 is 2.00 bits per heavy atom. The number of carbonyl (C=O) groups is 1. The third kappa shape index (κ3) is 5.40. The number of fused-ring (bicyclic) bond motifs is 1. The molecule has 1 unspecified atom stereocenters. The maximum atomic E-state index is 12.7. The van der Waals surface area contributed by atoms with Crippen LogP contribution in [-0.4, -0.2) is 31.7 Å². The van der Waals surface area contributed by atoms with Gasteiger partial charge in [0.2, 0.25) is 0 Å².